The molecule has 1 rings (SSSR count). The summed E-state index contributed by atoms with van der Waals surface area (Å²) in [5, 5.41) is 9.56. The first kappa shape index (κ1) is 6.28. The zero-order chi connectivity index (χ0) is 6.85. The molecule has 0 aromatic heterocycles. The first-order valence-corrected chi connectivity index (χ1v) is 2.86. The van der Waals surface area contributed by atoms with Gasteiger partial charge in [0.2, 0.25) is 5.11 Å². The average molecular weight is 143 g/mol. The molecule has 0 aliphatic carbocycles. The van der Waals surface area contributed by atoms with E-state index >= 15 is 0 Å². The van der Waals surface area contributed by atoms with Crippen molar-refractivity contribution in [3.63, 3.8) is 0 Å². The van der Waals surface area contributed by atoms with E-state index < -0.39 is 6.04 Å². The molecular formula is C4H5N3OS. The maximum absolute atomic E-state index is 10.7. The summed E-state index contributed by atoms with van der Waals surface area (Å²) in [5.74, 6) is -0.185. The van der Waals surface area contributed by atoms with E-state index in [1.165, 1.54) is 0 Å². The van der Waals surface area contributed by atoms with Crippen LogP contribution in [0.4, 0.5) is 0 Å². The lowest BCUT2D eigenvalue weighted by Gasteiger charge is -2.09. The predicted molar refractivity (Wildman–Crippen MR) is 35.1 cm³/mol. The summed E-state index contributed by atoms with van der Waals surface area (Å²) < 4.78 is 0. The summed E-state index contributed by atoms with van der Waals surface area (Å²) in [6, 6.07) is -0.392. The highest BCUT2D eigenvalue weighted by Gasteiger charge is 2.16. The highest BCUT2D eigenvalue weighted by molar-refractivity contribution is 7.80. The molecule has 5 heteroatoms. The average Bonchev–Trinajstić information content (AvgIpc) is 1.80. The molecule has 1 unspecified atom stereocenters. The molecule has 1 heterocycles. The van der Waals surface area contributed by atoms with Gasteiger partial charge in [0.05, 0.1) is 0 Å². The summed E-state index contributed by atoms with van der Waals surface area (Å²) in [5.41, 5.74) is 0. The Labute approximate surface area is 57.3 Å². The minimum absolute atomic E-state index is 0.151. The first-order chi connectivity index (χ1) is 4.20. The Kier molecular flexibility index (Phi) is 1.52. The Hall–Kier alpha value is -0.840. The fourth-order valence-corrected chi connectivity index (χ4v) is 0.574. The van der Waals surface area contributed by atoms with Crippen molar-refractivity contribution in [2.24, 2.45) is 10.2 Å². The second-order valence-electron chi connectivity index (χ2n) is 1.69. The molecule has 0 aromatic carbocycles. The molecule has 9 heavy (non-hydrogen) atoms. The smallest absolute Gasteiger partial charge is 0.252 e. The molecule has 1 aliphatic heterocycles. The van der Waals surface area contributed by atoms with Gasteiger partial charge in [0.15, 0.2) is 0 Å². The van der Waals surface area contributed by atoms with Crippen molar-refractivity contribution in [2.45, 2.75) is 13.0 Å². The van der Waals surface area contributed by atoms with Crippen LogP contribution in [0, 0.1) is 0 Å². The van der Waals surface area contributed by atoms with Crippen LogP contribution in [0.1, 0.15) is 6.92 Å². The van der Waals surface area contributed by atoms with Crippen molar-refractivity contribution < 1.29 is 4.79 Å². The van der Waals surface area contributed by atoms with Gasteiger partial charge in [-0.15, -0.1) is 5.11 Å². The van der Waals surface area contributed by atoms with E-state index in [1.54, 1.807) is 6.92 Å². The standard InChI is InChI=1S/C4H5N3OS/c1-2-3(8)5-4(9)7-6-2/h2H,1H3,(H,5,8,9). The van der Waals surface area contributed by atoms with Crippen LogP contribution in [0.5, 0.6) is 0 Å². The molecule has 0 saturated heterocycles. The van der Waals surface area contributed by atoms with Crippen LogP contribution in [0.15, 0.2) is 10.2 Å². The van der Waals surface area contributed by atoms with E-state index in [2.05, 4.69) is 27.8 Å². The summed E-state index contributed by atoms with van der Waals surface area (Å²) in [4.78, 5) is 10.7. The number of hydrogen-bond donors (Lipinski definition) is 1. The molecule has 0 saturated carbocycles. The molecule has 0 bridgehead atoms. The Morgan fingerprint density at radius 2 is 2.44 bits per heavy atom. The fourth-order valence-electron chi connectivity index (χ4n) is 0.426. The van der Waals surface area contributed by atoms with Crippen molar-refractivity contribution in [1.29, 1.82) is 0 Å². The molecule has 0 fully saturated rings. The summed E-state index contributed by atoms with van der Waals surface area (Å²) >= 11 is 4.54. The molecule has 0 spiro atoms. The van der Waals surface area contributed by atoms with Crippen molar-refractivity contribution in [2.75, 3.05) is 0 Å². The third-order valence-electron chi connectivity index (χ3n) is 0.931. The molecule has 1 atom stereocenters. The number of hydrogen-bond acceptors (Lipinski definition) is 3. The van der Waals surface area contributed by atoms with Crippen LogP contribution >= 0.6 is 12.2 Å². The number of carbonyl (C=O) groups excluding carboxylic acids is 1. The van der Waals surface area contributed by atoms with Crippen LogP contribution in [0.25, 0.3) is 0 Å². The van der Waals surface area contributed by atoms with Crippen LogP contribution in [0.2, 0.25) is 0 Å². The monoisotopic (exact) mass is 143 g/mol. The lowest BCUT2D eigenvalue weighted by molar-refractivity contribution is -0.120. The van der Waals surface area contributed by atoms with Gasteiger partial charge in [0, 0.05) is 0 Å². The number of nitrogens with one attached hydrogen (secondary N) is 1. The van der Waals surface area contributed by atoms with Gasteiger partial charge in [-0.05, 0) is 19.1 Å². The Balaban J connectivity index is 2.76. The molecule has 48 valence electrons. The topological polar surface area (TPSA) is 53.8 Å². The van der Waals surface area contributed by atoms with Crippen molar-refractivity contribution in [3.8, 4) is 0 Å². The van der Waals surface area contributed by atoms with Gasteiger partial charge in [0.1, 0.15) is 6.04 Å². The lowest BCUT2D eigenvalue weighted by atomic mass is 10.3. The second-order valence-corrected chi connectivity index (χ2v) is 2.07. The number of carbonyl (C=O) groups is 1. The number of thiocarbonyl (C=S) groups is 1. The quantitative estimate of drug-likeness (QED) is 0.494. The van der Waals surface area contributed by atoms with Crippen LogP contribution < -0.4 is 5.32 Å². The number of rotatable bonds is 0. The number of amides is 1. The normalized spacial score (nSPS) is 26.1. The van der Waals surface area contributed by atoms with Gasteiger partial charge >= 0.3 is 0 Å². The number of azo groups is 1. The minimum Gasteiger partial charge on any atom is -0.298 e. The maximum Gasteiger partial charge on any atom is 0.252 e. The van der Waals surface area contributed by atoms with E-state index in [4.69, 9.17) is 0 Å². The molecule has 0 radical (unpaired) electrons. The van der Waals surface area contributed by atoms with E-state index in [9.17, 15) is 4.79 Å². The van der Waals surface area contributed by atoms with E-state index in [0.717, 1.165) is 0 Å². The highest BCUT2D eigenvalue weighted by atomic mass is 32.1. The fraction of sp³-hybridized carbons (Fsp3) is 0.500. The highest BCUT2D eigenvalue weighted by Crippen LogP contribution is 1.97. The van der Waals surface area contributed by atoms with Crippen LogP contribution in [0.3, 0.4) is 0 Å². The molecule has 1 N–H and O–H groups in total. The van der Waals surface area contributed by atoms with Crippen molar-refractivity contribution >= 4 is 23.2 Å². The van der Waals surface area contributed by atoms with Gasteiger partial charge in [-0.1, -0.05) is 0 Å². The third kappa shape index (κ3) is 1.29. The van der Waals surface area contributed by atoms with E-state index in [0.29, 0.717) is 0 Å². The van der Waals surface area contributed by atoms with Crippen molar-refractivity contribution in [3.05, 3.63) is 0 Å². The van der Waals surface area contributed by atoms with Gasteiger partial charge in [-0.2, -0.15) is 5.11 Å². The van der Waals surface area contributed by atoms with Gasteiger partial charge in [-0.3, -0.25) is 10.1 Å². The molecule has 1 amide bonds. The Bertz CT molecular complexity index is 188. The van der Waals surface area contributed by atoms with Crippen LogP contribution in [-0.2, 0) is 4.79 Å². The summed E-state index contributed by atoms with van der Waals surface area (Å²) in [7, 11) is 0. The number of nitrogens with zero attached hydrogens (tertiary/aromatic N) is 2. The summed E-state index contributed by atoms with van der Waals surface area (Å²) in [6.45, 7) is 1.65. The first-order valence-electron chi connectivity index (χ1n) is 2.46. The lowest BCUT2D eigenvalue weighted by Crippen LogP contribution is -2.37. The Morgan fingerprint density at radius 3 is 2.89 bits per heavy atom. The van der Waals surface area contributed by atoms with Crippen LogP contribution in [-0.4, -0.2) is 17.1 Å². The summed E-state index contributed by atoms with van der Waals surface area (Å²) in [6.07, 6.45) is 0. The van der Waals surface area contributed by atoms with E-state index in [-0.39, 0.29) is 11.0 Å². The predicted octanol–water partition coefficient (Wildman–Crippen LogP) is 0.242. The van der Waals surface area contributed by atoms with E-state index in [1.807, 2.05) is 0 Å². The zero-order valence-electron chi connectivity index (χ0n) is 4.79. The molecule has 0 aromatic rings. The van der Waals surface area contributed by atoms with Gasteiger partial charge in [0.25, 0.3) is 5.91 Å². The molecule has 1 aliphatic rings. The van der Waals surface area contributed by atoms with Crippen molar-refractivity contribution in [1.82, 2.24) is 5.32 Å². The maximum atomic E-state index is 10.7. The SMILES string of the molecule is CC1N=NC(=S)NC1=O. The third-order valence-corrected chi connectivity index (χ3v) is 1.12. The van der Waals surface area contributed by atoms with Gasteiger partial charge in [-0.25, -0.2) is 0 Å². The molecule has 4 nitrogen and oxygen atoms in total. The van der Waals surface area contributed by atoms with Gasteiger partial charge < -0.3 is 0 Å². The molecular weight excluding hydrogens is 138 g/mol. The largest absolute Gasteiger partial charge is 0.298 e. The zero-order valence-corrected chi connectivity index (χ0v) is 5.60. The Morgan fingerprint density at radius 1 is 1.78 bits per heavy atom. The second kappa shape index (κ2) is 2.18. The minimum atomic E-state index is -0.392.